The van der Waals surface area contributed by atoms with Crippen LogP contribution in [0.4, 0.5) is 22.9 Å². The molecule has 2 N–H and O–H groups in total. The predicted molar refractivity (Wildman–Crippen MR) is 111 cm³/mol. The Kier molecular flexibility index (Phi) is 5.93. The van der Waals surface area contributed by atoms with Crippen molar-refractivity contribution in [3.63, 3.8) is 0 Å². The smallest absolute Gasteiger partial charge is 0.274 e. The lowest BCUT2D eigenvalue weighted by atomic mass is 10.1. The van der Waals surface area contributed by atoms with Crippen LogP contribution in [-0.2, 0) is 0 Å². The van der Waals surface area contributed by atoms with Gasteiger partial charge >= 0.3 is 0 Å². The van der Waals surface area contributed by atoms with E-state index in [2.05, 4.69) is 45.6 Å². The summed E-state index contributed by atoms with van der Waals surface area (Å²) >= 11 is 0. The minimum absolute atomic E-state index is 0.248. The summed E-state index contributed by atoms with van der Waals surface area (Å²) < 4.78 is 5.01. The van der Waals surface area contributed by atoms with E-state index in [-0.39, 0.29) is 5.91 Å². The standard InChI is InChI=1S/C21H25N5O2/c1-5-26(6-2)17-8-10-18(14(3)11-17)24-21(27)19-9-7-16(13-22-19)23-20-12-15(4)28-25-20/h7-13H,5-6H2,1-4H3,(H,23,25)(H,24,27). The van der Waals surface area contributed by atoms with Gasteiger partial charge in [-0.25, -0.2) is 4.98 Å². The molecule has 0 radical (unpaired) electrons. The fourth-order valence-electron chi connectivity index (χ4n) is 2.94. The summed E-state index contributed by atoms with van der Waals surface area (Å²) in [6.07, 6.45) is 1.59. The number of carbonyl (C=O) groups is 1. The van der Waals surface area contributed by atoms with Crippen LogP contribution in [0.15, 0.2) is 47.1 Å². The van der Waals surface area contributed by atoms with Crippen LogP contribution in [0.3, 0.4) is 0 Å². The van der Waals surface area contributed by atoms with E-state index in [1.165, 1.54) is 0 Å². The maximum Gasteiger partial charge on any atom is 0.274 e. The zero-order valence-corrected chi connectivity index (χ0v) is 16.6. The molecule has 0 aliphatic rings. The lowest BCUT2D eigenvalue weighted by Crippen LogP contribution is -2.22. The van der Waals surface area contributed by atoms with E-state index >= 15 is 0 Å². The molecular weight excluding hydrogens is 354 g/mol. The van der Waals surface area contributed by atoms with Crippen molar-refractivity contribution in [2.45, 2.75) is 27.7 Å². The molecule has 146 valence electrons. The monoisotopic (exact) mass is 379 g/mol. The second-order valence-corrected chi connectivity index (χ2v) is 6.51. The lowest BCUT2D eigenvalue weighted by molar-refractivity contribution is 0.102. The number of aryl methyl sites for hydroxylation is 2. The van der Waals surface area contributed by atoms with Crippen molar-refractivity contribution >= 4 is 28.8 Å². The van der Waals surface area contributed by atoms with Gasteiger partial charge in [0.1, 0.15) is 11.5 Å². The quantitative estimate of drug-likeness (QED) is 0.628. The Morgan fingerprint density at radius 3 is 2.46 bits per heavy atom. The first-order chi connectivity index (χ1) is 13.5. The van der Waals surface area contributed by atoms with Crippen LogP contribution < -0.4 is 15.5 Å². The maximum atomic E-state index is 12.5. The van der Waals surface area contributed by atoms with Gasteiger partial charge in [-0.05, 0) is 63.6 Å². The molecule has 0 atom stereocenters. The van der Waals surface area contributed by atoms with Crippen molar-refractivity contribution in [2.24, 2.45) is 0 Å². The highest BCUT2D eigenvalue weighted by Crippen LogP contribution is 2.23. The number of aromatic nitrogens is 2. The zero-order chi connectivity index (χ0) is 20.1. The van der Waals surface area contributed by atoms with Crippen molar-refractivity contribution in [3.8, 4) is 0 Å². The number of hydrogen-bond acceptors (Lipinski definition) is 6. The van der Waals surface area contributed by atoms with Crippen LogP contribution >= 0.6 is 0 Å². The molecular formula is C21H25N5O2. The number of nitrogens with zero attached hydrogens (tertiary/aromatic N) is 3. The largest absolute Gasteiger partial charge is 0.372 e. The molecule has 0 saturated carbocycles. The van der Waals surface area contributed by atoms with E-state index in [0.29, 0.717) is 17.3 Å². The first-order valence-corrected chi connectivity index (χ1v) is 9.33. The topological polar surface area (TPSA) is 83.3 Å². The first kappa shape index (κ1) is 19.4. The molecule has 0 unspecified atom stereocenters. The molecule has 28 heavy (non-hydrogen) atoms. The lowest BCUT2D eigenvalue weighted by Gasteiger charge is -2.22. The maximum absolute atomic E-state index is 12.5. The Morgan fingerprint density at radius 1 is 1.11 bits per heavy atom. The van der Waals surface area contributed by atoms with E-state index in [0.717, 1.165) is 35.7 Å². The molecule has 3 rings (SSSR count). The van der Waals surface area contributed by atoms with Crippen molar-refractivity contribution in [1.82, 2.24) is 10.1 Å². The van der Waals surface area contributed by atoms with Gasteiger partial charge in [0.25, 0.3) is 5.91 Å². The Labute approximate surface area is 164 Å². The summed E-state index contributed by atoms with van der Waals surface area (Å²) in [5, 5.41) is 9.88. The van der Waals surface area contributed by atoms with Crippen LogP contribution in [0, 0.1) is 13.8 Å². The summed E-state index contributed by atoms with van der Waals surface area (Å²) in [5.74, 6) is 1.07. The van der Waals surface area contributed by atoms with Crippen LogP contribution in [0.2, 0.25) is 0 Å². The van der Waals surface area contributed by atoms with Crippen LogP contribution in [0.5, 0.6) is 0 Å². The van der Waals surface area contributed by atoms with E-state index in [4.69, 9.17) is 4.52 Å². The van der Waals surface area contributed by atoms with Crippen molar-refractivity contribution < 1.29 is 9.32 Å². The van der Waals surface area contributed by atoms with Gasteiger partial charge in [-0.15, -0.1) is 0 Å². The highest BCUT2D eigenvalue weighted by molar-refractivity contribution is 6.03. The second kappa shape index (κ2) is 8.56. The van der Waals surface area contributed by atoms with E-state index in [1.807, 2.05) is 26.0 Å². The average molecular weight is 379 g/mol. The molecule has 0 aliphatic carbocycles. The van der Waals surface area contributed by atoms with Gasteiger partial charge in [-0.2, -0.15) is 0 Å². The van der Waals surface area contributed by atoms with Gasteiger partial charge in [-0.1, -0.05) is 5.16 Å². The predicted octanol–water partition coefficient (Wildman–Crippen LogP) is 4.53. The van der Waals surface area contributed by atoms with Crippen LogP contribution in [0.1, 0.15) is 35.7 Å². The minimum Gasteiger partial charge on any atom is -0.372 e. The third kappa shape index (κ3) is 4.49. The minimum atomic E-state index is -0.248. The van der Waals surface area contributed by atoms with Gasteiger partial charge in [0.2, 0.25) is 0 Å². The summed E-state index contributed by atoms with van der Waals surface area (Å²) in [6, 6.07) is 11.3. The SMILES string of the molecule is CCN(CC)c1ccc(NC(=O)c2ccc(Nc3cc(C)on3)cn2)c(C)c1. The van der Waals surface area contributed by atoms with Crippen molar-refractivity contribution in [3.05, 3.63) is 59.6 Å². The number of anilines is 4. The average Bonchev–Trinajstić information content (AvgIpc) is 3.10. The van der Waals surface area contributed by atoms with Gasteiger partial charge < -0.3 is 20.1 Å². The molecule has 1 aromatic carbocycles. The molecule has 7 nitrogen and oxygen atoms in total. The van der Waals surface area contributed by atoms with Gasteiger partial charge in [0.15, 0.2) is 5.82 Å². The molecule has 2 heterocycles. The number of amides is 1. The third-order valence-corrected chi connectivity index (χ3v) is 4.48. The van der Waals surface area contributed by atoms with E-state index in [1.54, 1.807) is 24.4 Å². The van der Waals surface area contributed by atoms with Gasteiger partial charge in [-0.3, -0.25) is 4.79 Å². The molecule has 1 amide bonds. The van der Waals surface area contributed by atoms with Crippen LogP contribution in [-0.4, -0.2) is 29.1 Å². The Bertz CT molecular complexity index is 946. The highest BCUT2D eigenvalue weighted by atomic mass is 16.5. The summed E-state index contributed by atoms with van der Waals surface area (Å²) in [7, 11) is 0. The number of carbonyl (C=O) groups excluding carboxylic acids is 1. The number of hydrogen-bond donors (Lipinski definition) is 2. The highest BCUT2D eigenvalue weighted by Gasteiger charge is 2.11. The Balaban J connectivity index is 1.67. The van der Waals surface area contributed by atoms with Crippen LogP contribution in [0.25, 0.3) is 0 Å². The third-order valence-electron chi connectivity index (χ3n) is 4.48. The molecule has 0 spiro atoms. The number of nitrogens with one attached hydrogen (secondary N) is 2. The number of pyridine rings is 1. The molecule has 2 aromatic heterocycles. The second-order valence-electron chi connectivity index (χ2n) is 6.51. The normalized spacial score (nSPS) is 10.6. The van der Waals surface area contributed by atoms with Gasteiger partial charge in [0.05, 0.1) is 11.9 Å². The summed E-state index contributed by atoms with van der Waals surface area (Å²) in [6.45, 7) is 9.95. The number of benzene rings is 1. The molecule has 7 heteroatoms. The first-order valence-electron chi connectivity index (χ1n) is 9.33. The van der Waals surface area contributed by atoms with Crippen molar-refractivity contribution in [1.29, 1.82) is 0 Å². The summed E-state index contributed by atoms with van der Waals surface area (Å²) in [5.41, 5.74) is 4.01. The molecule has 3 aromatic rings. The Hall–Kier alpha value is -3.35. The molecule has 0 aliphatic heterocycles. The zero-order valence-electron chi connectivity index (χ0n) is 16.6. The van der Waals surface area contributed by atoms with Crippen molar-refractivity contribution in [2.75, 3.05) is 28.6 Å². The number of rotatable bonds is 7. The fraction of sp³-hybridized carbons (Fsp3) is 0.286. The molecule has 0 saturated heterocycles. The molecule has 0 fully saturated rings. The van der Waals surface area contributed by atoms with E-state index in [9.17, 15) is 4.79 Å². The molecule has 0 bridgehead atoms. The fourth-order valence-corrected chi connectivity index (χ4v) is 2.94. The summed E-state index contributed by atoms with van der Waals surface area (Å²) in [4.78, 5) is 19.0. The Morgan fingerprint density at radius 2 is 1.89 bits per heavy atom. The van der Waals surface area contributed by atoms with Gasteiger partial charge in [0, 0.05) is 30.5 Å². The van der Waals surface area contributed by atoms with E-state index < -0.39 is 0 Å².